The molecular formula is C45H60F4N6O5. The number of methoxy groups -OCH3 is 1. The molecule has 0 radical (unpaired) electrons. The van der Waals surface area contributed by atoms with Crippen LogP contribution in [0.1, 0.15) is 68.6 Å². The molecule has 0 aromatic heterocycles. The van der Waals surface area contributed by atoms with E-state index in [1.807, 2.05) is 15.9 Å². The third-order valence-electron chi connectivity index (χ3n) is 14.0. The van der Waals surface area contributed by atoms with Gasteiger partial charge < -0.3 is 35.2 Å². The van der Waals surface area contributed by atoms with E-state index in [0.29, 0.717) is 69.8 Å². The number of alkyl carbamates (subject to hydrolysis) is 1. The molecule has 0 bridgehead atoms. The Labute approximate surface area is 350 Å². The number of hydrogen-bond donors (Lipinski definition) is 3. The molecule has 1 saturated carbocycles. The quantitative estimate of drug-likeness (QED) is 0.172. The molecule has 1 unspecified atom stereocenters. The number of amides is 3. The number of aliphatic hydroxyl groups is 1. The Bertz CT molecular complexity index is 1880. The maximum atomic E-state index is 16.4. The molecule has 2 aromatic carbocycles. The molecule has 2 aromatic rings. The summed E-state index contributed by atoms with van der Waals surface area (Å²) in [6.07, 6.45) is 4.20. The minimum absolute atomic E-state index is 0.0216. The van der Waals surface area contributed by atoms with Crippen LogP contribution in [0.5, 0.6) is 0 Å². The van der Waals surface area contributed by atoms with Gasteiger partial charge in [0.15, 0.2) is 0 Å². The minimum Gasteiger partial charge on any atom is -0.453 e. The molecule has 4 saturated heterocycles. The van der Waals surface area contributed by atoms with Crippen LogP contribution in [-0.2, 0) is 32.2 Å². The maximum absolute atomic E-state index is 16.4. The van der Waals surface area contributed by atoms with Crippen LogP contribution < -0.4 is 15.5 Å². The fraction of sp³-hybridized carbons (Fsp3) is 0.622. The van der Waals surface area contributed by atoms with E-state index in [9.17, 15) is 28.3 Å². The van der Waals surface area contributed by atoms with Crippen LogP contribution in [0.25, 0.3) is 0 Å². The lowest BCUT2D eigenvalue weighted by Gasteiger charge is -2.53. The van der Waals surface area contributed by atoms with Gasteiger partial charge >= 0.3 is 6.09 Å². The summed E-state index contributed by atoms with van der Waals surface area (Å²) in [5, 5.41) is 17.9. The molecule has 4 atom stereocenters. The van der Waals surface area contributed by atoms with E-state index in [2.05, 4.69) is 22.1 Å². The second kappa shape index (κ2) is 18.0. The average Bonchev–Trinajstić information content (AvgIpc) is 3.67. The third-order valence-corrected chi connectivity index (χ3v) is 14.0. The Hall–Kier alpha value is -4.21. The minimum atomic E-state index is -3.22. The molecule has 60 heavy (non-hydrogen) atoms. The Morgan fingerprint density at radius 1 is 0.967 bits per heavy atom. The number of anilines is 1. The van der Waals surface area contributed by atoms with Gasteiger partial charge in [-0.05, 0) is 105 Å². The highest BCUT2D eigenvalue weighted by molar-refractivity contribution is 5.87. The van der Waals surface area contributed by atoms with Crippen molar-refractivity contribution in [3.63, 3.8) is 0 Å². The van der Waals surface area contributed by atoms with E-state index in [1.165, 1.54) is 31.1 Å². The Kier molecular flexibility index (Phi) is 13.2. The number of alkyl halides is 3. The molecule has 15 heteroatoms. The third kappa shape index (κ3) is 9.18. The Morgan fingerprint density at radius 3 is 2.38 bits per heavy atom. The summed E-state index contributed by atoms with van der Waals surface area (Å²) in [6.45, 7) is 8.48. The number of hydrogen-bond acceptors (Lipinski definition) is 8. The molecule has 5 aliphatic rings. The smallest absolute Gasteiger partial charge is 0.407 e. The van der Waals surface area contributed by atoms with Crippen molar-refractivity contribution in [3.8, 4) is 0 Å². The Balaban J connectivity index is 1.05. The number of piperidine rings is 2. The van der Waals surface area contributed by atoms with Gasteiger partial charge in [0.1, 0.15) is 17.6 Å². The summed E-state index contributed by atoms with van der Waals surface area (Å²) in [4.78, 5) is 44.7. The largest absolute Gasteiger partial charge is 0.453 e. The maximum Gasteiger partial charge on any atom is 0.407 e. The molecule has 1 aliphatic carbocycles. The molecule has 5 fully saturated rings. The Morgan fingerprint density at radius 2 is 1.72 bits per heavy atom. The highest BCUT2D eigenvalue weighted by Gasteiger charge is 2.53. The van der Waals surface area contributed by atoms with Gasteiger partial charge in [-0.15, -0.1) is 0 Å². The fourth-order valence-electron chi connectivity index (χ4n) is 11.0. The zero-order valence-corrected chi connectivity index (χ0v) is 34.8. The molecule has 4 aliphatic heterocycles. The molecule has 3 N–H and O–H groups in total. The summed E-state index contributed by atoms with van der Waals surface area (Å²) in [6, 6.07) is 11.3. The predicted octanol–water partition coefficient (Wildman–Crippen LogP) is 5.36. The number of nitrogens with zero attached hydrogens (tertiary/aromatic N) is 4. The van der Waals surface area contributed by atoms with E-state index < -0.39 is 35.1 Å². The van der Waals surface area contributed by atoms with Crippen molar-refractivity contribution in [1.29, 1.82) is 0 Å². The van der Waals surface area contributed by atoms with Crippen LogP contribution in [-0.4, -0.2) is 128 Å². The molecule has 11 nitrogen and oxygen atoms in total. The van der Waals surface area contributed by atoms with E-state index in [0.717, 1.165) is 30.9 Å². The lowest BCUT2D eigenvalue weighted by atomic mass is 9.58. The van der Waals surface area contributed by atoms with E-state index >= 15 is 8.78 Å². The average molecular weight is 841 g/mol. The number of likely N-dealkylation sites (tertiary alicyclic amines) is 3. The summed E-state index contributed by atoms with van der Waals surface area (Å²) >= 11 is 0. The van der Waals surface area contributed by atoms with Gasteiger partial charge in [-0.1, -0.05) is 31.2 Å². The summed E-state index contributed by atoms with van der Waals surface area (Å²) in [7, 11) is 1.33. The number of carbonyl (C=O) groups is 3. The van der Waals surface area contributed by atoms with Crippen LogP contribution in [0.3, 0.4) is 0 Å². The molecule has 328 valence electrons. The first kappa shape index (κ1) is 43.9. The molecule has 3 amide bonds. The van der Waals surface area contributed by atoms with E-state index in [-0.39, 0.29) is 80.2 Å². The molecule has 0 spiro atoms. The summed E-state index contributed by atoms with van der Waals surface area (Å²) in [5.74, 6) is -5.28. The zero-order valence-electron chi connectivity index (χ0n) is 34.8. The normalized spacial score (nSPS) is 25.1. The number of rotatable bonds is 14. The molecule has 7 rings (SSSR count). The number of carbonyl (C=O) groups excluding carboxylic acids is 3. The highest BCUT2D eigenvalue weighted by Crippen LogP contribution is 2.51. The summed E-state index contributed by atoms with van der Waals surface area (Å²) in [5.41, 5.74) is 0.0743. The first-order valence-corrected chi connectivity index (χ1v) is 21.5. The van der Waals surface area contributed by atoms with Gasteiger partial charge in [0.05, 0.1) is 7.11 Å². The van der Waals surface area contributed by atoms with Gasteiger partial charge in [-0.2, -0.15) is 0 Å². The van der Waals surface area contributed by atoms with Crippen molar-refractivity contribution in [2.45, 2.75) is 87.6 Å². The van der Waals surface area contributed by atoms with Crippen LogP contribution in [0.15, 0.2) is 55.1 Å². The zero-order chi connectivity index (χ0) is 42.8. The topological polar surface area (TPSA) is 118 Å². The number of ether oxygens (including phenoxy) is 1. The molecule has 4 heterocycles. The van der Waals surface area contributed by atoms with Crippen LogP contribution in [0.4, 0.5) is 28.0 Å². The number of benzene rings is 2. The van der Waals surface area contributed by atoms with Gasteiger partial charge in [-0.25, -0.2) is 22.4 Å². The van der Waals surface area contributed by atoms with E-state index in [1.54, 1.807) is 24.3 Å². The summed E-state index contributed by atoms with van der Waals surface area (Å²) < 4.78 is 66.6. The van der Waals surface area contributed by atoms with Gasteiger partial charge in [0.2, 0.25) is 11.8 Å². The van der Waals surface area contributed by atoms with Crippen molar-refractivity contribution in [2.75, 3.05) is 77.5 Å². The molecular weight excluding hydrogens is 781 g/mol. The predicted molar refractivity (Wildman–Crippen MR) is 220 cm³/mol. The first-order chi connectivity index (χ1) is 28.6. The lowest BCUT2D eigenvalue weighted by Crippen LogP contribution is -2.67. The fourth-order valence-corrected chi connectivity index (χ4v) is 11.0. The van der Waals surface area contributed by atoms with Crippen molar-refractivity contribution >= 4 is 23.6 Å². The van der Waals surface area contributed by atoms with Crippen molar-refractivity contribution in [1.82, 2.24) is 25.3 Å². The van der Waals surface area contributed by atoms with Crippen LogP contribution in [0, 0.1) is 23.6 Å². The first-order valence-electron chi connectivity index (χ1n) is 21.5. The van der Waals surface area contributed by atoms with Gasteiger partial charge in [0, 0.05) is 94.5 Å². The van der Waals surface area contributed by atoms with E-state index in [4.69, 9.17) is 4.74 Å². The number of halogens is 4. The highest BCUT2D eigenvalue weighted by atomic mass is 19.3. The second-order valence-electron chi connectivity index (χ2n) is 18.0. The number of β-amino-alcohol motifs (C(OH)–C–C–N with tert-alkyl or cyclic N) is 1. The van der Waals surface area contributed by atoms with Crippen LogP contribution in [0.2, 0.25) is 0 Å². The lowest BCUT2D eigenvalue weighted by molar-refractivity contribution is -0.134. The SMILES string of the molecule is C=CC(=O)N1CCCC(C(F)(F)c2ccc(N3CC(O)(CN4CCC([C@@](CNC(C)=O)(c5cccc(F)c5)[C@H]5CCC[C@@H]5NC(=O)OC)CC4)C3)cc2CN2CC(F)C2)C1. The monoisotopic (exact) mass is 840 g/mol. The van der Waals surface area contributed by atoms with Crippen molar-refractivity contribution < 1.29 is 41.8 Å². The standard InChI is InChI=1S/C45H60F4N6O5/c1-4-41(57)54-17-7-9-34(23-54)45(48,49)38-14-13-37(20-31(38)22-53-24-36(47)25-53)55-28-43(59,29-55)27-52-18-15-32(16-19-52)44(26-50-30(2)56,33-8-5-10-35(46)21-33)39-11-6-12-40(39)51-42(58)60-3/h4-5,8,10,13-14,20-21,32,34,36,39-40,59H,1,6-7,9,11-12,15-19,22-29H2,2-3H3,(H,50,56)(H,51,58)/t34?,39-,40-,44-/m0/s1. The van der Waals surface area contributed by atoms with Crippen molar-refractivity contribution in [3.05, 3.63) is 77.6 Å². The van der Waals surface area contributed by atoms with Crippen molar-refractivity contribution in [2.24, 2.45) is 17.8 Å². The second-order valence-corrected chi connectivity index (χ2v) is 18.0. The number of nitrogens with one attached hydrogen (secondary N) is 2. The van der Waals surface area contributed by atoms with Gasteiger partial charge in [0.25, 0.3) is 5.92 Å². The van der Waals surface area contributed by atoms with Gasteiger partial charge in [-0.3, -0.25) is 14.5 Å². The van der Waals surface area contributed by atoms with Crippen LogP contribution >= 0.6 is 0 Å².